The highest BCUT2D eigenvalue weighted by Crippen LogP contribution is 2.26. The molecule has 0 radical (unpaired) electrons. The summed E-state index contributed by atoms with van der Waals surface area (Å²) in [6, 6.07) is 8.29. The maximum atomic E-state index is 4.31. The summed E-state index contributed by atoms with van der Waals surface area (Å²) in [5.74, 6) is 0. The van der Waals surface area contributed by atoms with Crippen molar-refractivity contribution in [2.45, 2.75) is 37.1 Å². The van der Waals surface area contributed by atoms with Crippen molar-refractivity contribution >= 4 is 19.3 Å². The van der Waals surface area contributed by atoms with Crippen LogP contribution in [-0.4, -0.2) is 20.8 Å². The zero-order valence-electron chi connectivity index (χ0n) is 13.7. The van der Waals surface area contributed by atoms with Crippen molar-refractivity contribution in [3.8, 4) is 0 Å². The molecule has 0 aliphatic heterocycles. The Balaban J connectivity index is 0.000000745. The molecule has 0 atom stereocenters. The minimum atomic E-state index is 0.865. The van der Waals surface area contributed by atoms with E-state index in [4.69, 9.17) is 0 Å². The lowest BCUT2D eigenvalue weighted by Crippen LogP contribution is -2.21. The summed E-state index contributed by atoms with van der Waals surface area (Å²) in [6.45, 7) is 8.07. The number of thiol groups is 1. The Morgan fingerprint density at radius 1 is 1.23 bits per heavy atom. The fourth-order valence-electron chi connectivity index (χ4n) is 2.41. The van der Waals surface area contributed by atoms with Gasteiger partial charge < -0.3 is 15.6 Å². The van der Waals surface area contributed by atoms with Crippen LogP contribution >= 0.6 is 12.6 Å². The number of hydrogen-bond acceptors (Lipinski definition) is 4. The molecular formula is C18H27N3S. The van der Waals surface area contributed by atoms with E-state index in [2.05, 4.69) is 53.7 Å². The summed E-state index contributed by atoms with van der Waals surface area (Å²) in [4.78, 5) is 4.25. The van der Waals surface area contributed by atoms with Crippen LogP contribution in [0.5, 0.6) is 0 Å². The molecule has 2 rings (SSSR count). The first-order valence-corrected chi connectivity index (χ1v) is 8.02. The second-order valence-electron chi connectivity index (χ2n) is 5.23. The highest BCUT2D eigenvalue weighted by Gasteiger charge is 2.14. The van der Waals surface area contributed by atoms with E-state index in [1.54, 1.807) is 7.05 Å². The molecule has 22 heavy (non-hydrogen) atoms. The van der Waals surface area contributed by atoms with Gasteiger partial charge in [0.05, 0.1) is 0 Å². The summed E-state index contributed by atoms with van der Waals surface area (Å²) in [5, 5.41) is 6.74. The van der Waals surface area contributed by atoms with Crippen LogP contribution in [0.4, 0.5) is 0 Å². The van der Waals surface area contributed by atoms with E-state index in [9.17, 15) is 0 Å². The monoisotopic (exact) mass is 317 g/mol. The van der Waals surface area contributed by atoms with Gasteiger partial charge in [-0.25, -0.2) is 0 Å². The molecule has 0 amide bonds. The SMILES string of the molecule is C=C(NC)C1=C(NCc2ccc(S)cc2)CCCC1.C=NC. The van der Waals surface area contributed by atoms with Gasteiger partial charge in [-0.05, 0) is 55.7 Å². The summed E-state index contributed by atoms with van der Waals surface area (Å²) in [7, 11) is 3.58. The van der Waals surface area contributed by atoms with Gasteiger partial charge in [-0.3, -0.25) is 0 Å². The molecule has 2 N–H and O–H groups in total. The fourth-order valence-corrected chi connectivity index (χ4v) is 2.56. The van der Waals surface area contributed by atoms with Crippen LogP contribution in [0.1, 0.15) is 31.2 Å². The first-order valence-electron chi connectivity index (χ1n) is 7.58. The number of aliphatic imine (C=N–C) groups is 1. The Labute approximate surface area is 140 Å². The number of nitrogens with one attached hydrogen (secondary N) is 2. The fraction of sp³-hybridized carbons (Fsp3) is 0.389. The Kier molecular flexibility index (Phi) is 8.44. The van der Waals surface area contributed by atoms with Crippen molar-refractivity contribution in [2.24, 2.45) is 4.99 Å². The molecule has 0 unspecified atom stereocenters. The van der Waals surface area contributed by atoms with Gasteiger partial charge in [0, 0.05) is 36.9 Å². The van der Waals surface area contributed by atoms with Gasteiger partial charge in [-0.2, -0.15) is 0 Å². The number of allylic oxidation sites excluding steroid dienone is 2. The van der Waals surface area contributed by atoms with Gasteiger partial charge >= 0.3 is 0 Å². The van der Waals surface area contributed by atoms with Crippen LogP contribution in [-0.2, 0) is 6.54 Å². The zero-order chi connectivity index (χ0) is 16.4. The van der Waals surface area contributed by atoms with E-state index >= 15 is 0 Å². The van der Waals surface area contributed by atoms with Crippen LogP contribution in [0.15, 0.2) is 57.7 Å². The molecule has 0 heterocycles. The summed E-state index contributed by atoms with van der Waals surface area (Å²) >= 11 is 4.31. The van der Waals surface area contributed by atoms with Gasteiger partial charge in [-0.15, -0.1) is 12.6 Å². The second-order valence-corrected chi connectivity index (χ2v) is 5.75. The van der Waals surface area contributed by atoms with E-state index in [0.717, 1.165) is 30.0 Å². The van der Waals surface area contributed by atoms with E-state index in [-0.39, 0.29) is 0 Å². The number of rotatable bonds is 5. The summed E-state index contributed by atoms with van der Waals surface area (Å²) < 4.78 is 0. The predicted molar refractivity (Wildman–Crippen MR) is 99.7 cm³/mol. The van der Waals surface area contributed by atoms with Crippen molar-refractivity contribution in [1.82, 2.24) is 10.6 Å². The Morgan fingerprint density at radius 2 is 1.82 bits per heavy atom. The van der Waals surface area contributed by atoms with Crippen molar-refractivity contribution in [1.29, 1.82) is 0 Å². The summed E-state index contributed by atoms with van der Waals surface area (Å²) in [6.07, 6.45) is 4.77. The first kappa shape index (κ1) is 18.4. The second kappa shape index (κ2) is 10.1. The lowest BCUT2D eigenvalue weighted by molar-refractivity contribution is 0.613. The smallest absolute Gasteiger partial charge is 0.0397 e. The van der Waals surface area contributed by atoms with Gasteiger partial charge in [0.25, 0.3) is 0 Å². The van der Waals surface area contributed by atoms with E-state index < -0.39 is 0 Å². The molecular weight excluding hydrogens is 290 g/mol. The lowest BCUT2D eigenvalue weighted by Gasteiger charge is -2.23. The van der Waals surface area contributed by atoms with Crippen molar-refractivity contribution in [3.63, 3.8) is 0 Å². The van der Waals surface area contributed by atoms with E-state index in [0.29, 0.717) is 0 Å². The standard InChI is InChI=1S/C16H22N2S.C2H5N/c1-12(17-2)15-5-3-4-6-16(15)18-11-13-7-9-14(19)10-8-13;1-3-2/h7-10,17-19H,1,3-6,11H2,2H3;1H2,2H3. The van der Waals surface area contributed by atoms with Crippen LogP contribution in [0, 0.1) is 0 Å². The Hall–Kier alpha value is -1.68. The Bertz CT molecular complexity index is 518. The topological polar surface area (TPSA) is 36.4 Å². The Morgan fingerprint density at radius 3 is 2.41 bits per heavy atom. The molecule has 0 aromatic heterocycles. The molecule has 1 aromatic rings. The van der Waals surface area contributed by atoms with Crippen LogP contribution in [0.3, 0.4) is 0 Å². The third kappa shape index (κ3) is 5.98. The first-order chi connectivity index (χ1) is 10.6. The van der Waals surface area contributed by atoms with Gasteiger partial charge in [0.15, 0.2) is 0 Å². The molecule has 0 saturated carbocycles. The maximum Gasteiger partial charge on any atom is 0.0397 e. The normalized spacial score (nSPS) is 13.8. The average molecular weight is 318 g/mol. The molecule has 120 valence electrons. The highest BCUT2D eigenvalue weighted by molar-refractivity contribution is 7.80. The predicted octanol–water partition coefficient (Wildman–Crippen LogP) is 3.94. The third-order valence-electron chi connectivity index (χ3n) is 3.58. The molecule has 0 spiro atoms. The minimum Gasteiger partial charge on any atom is -0.388 e. The molecule has 1 aromatic carbocycles. The lowest BCUT2D eigenvalue weighted by atomic mass is 9.94. The van der Waals surface area contributed by atoms with Crippen molar-refractivity contribution in [2.75, 3.05) is 14.1 Å². The van der Waals surface area contributed by atoms with Crippen LogP contribution in [0.2, 0.25) is 0 Å². The third-order valence-corrected chi connectivity index (χ3v) is 3.87. The van der Waals surface area contributed by atoms with E-state index in [1.807, 2.05) is 19.2 Å². The molecule has 0 bridgehead atoms. The largest absolute Gasteiger partial charge is 0.388 e. The van der Waals surface area contributed by atoms with Crippen molar-refractivity contribution in [3.05, 3.63) is 53.4 Å². The quantitative estimate of drug-likeness (QED) is 0.568. The molecule has 4 heteroatoms. The van der Waals surface area contributed by atoms with Crippen LogP contribution < -0.4 is 10.6 Å². The number of benzene rings is 1. The summed E-state index contributed by atoms with van der Waals surface area (Å²) in [5.41, 5.74) is 5.04. The molecule has 1 aliphatic carbocycles. The number of hydrogen-bond donors (Lipinski definition) is 3. The van der Waals surface area contributed by atoms with Gasteiger partial charge in [-0.1, -0.05) is 18.7 Å². The van der Waals surface area contributed by atoms with Gasteiger partial charge in [0.2, 0.25) is 0 Å². The van der Waals surface area contributed by atoms with E-state index in [1.165, 1.54) is 29.7 Å². The number of likely N-dealkylation sites (N-methyl/N-ethyl adjacent to an activating group) is 1. The molecule has 0 saturated heterocycles. The van der Waals surface area contributed by atoms with Crippen molar-refractivity contribution < 1.29 is 0 Å². The molecule has 0 fully saturated rings. The average Bonchev–Trinajstić information content (AvgIpc) is 2.54. The zero-order valence-corrected chi connectivity index (χ0v) is 14.5. The number of nitrogens with zero attached hydrogens (tertiary/aromatic N) is 1. The molecule has 3 nitrogen and oxygen atoms in total. The highest BCUT2D eigenvalue weighted by atomic mass is 32.1. The van der Waals surface area contributed by atoms with Crippen LogP contribution in [0.25, 0.3) is 0 Å². The molecule has 1 aliphatic rings. The van der Waals surface area contributed by atoms with Gasteiger partial charge in [0.1, 0.15) is 0 Å². The maximum absolute atomic E-state index is 4.31. The minimum absolute atomic E-state index is 0.865.